The van der Waals surface area contributed by atoms with Gasteiger partial charge in [-0.25, -0.2) is 0 Å². The molecule has 1 saturated carbocycles. The Morgan fingerprint density at radius 1 is 0.600 bits per heavy atom. The lowest BCUT2D eigenvalue weighted by Crippen LogP contribution is -2.62. The van der Waals surface area contributed by atoms with Crippen LogP contribution in [0.15, 0.2) is 0 Å². The lowest BCUT2D eigenvalue weighted by molar-refractivity contribution is -0.200. The van der Waals surface area contributed by atoms with Gasteiger partial charge in [0.05, 0.1) is 10.8 Å². The maximum atomic E-state index is 13.2. The molecule has 4 nitrogen and oxygen atoms in total. The SMILES string of the molecule is CC(C)CC(CC(C)C)C1(C(=O)O)CCCCC1(C(=O)O)C(CC(C)C)CC(C)C. The fraction of sp³-hybridized carbons (Fsp3) is 0.923. The number of hydrogen-bond donors (Lipinski definition) is 2. The van der Waals surface area contributed by atoms with Gasteiger partial charge in [-0.2, -0.15) is 0 Å². The summed E-state index contributed by atoms with van der Waals surface area (Å²) >= 11 is 0. The molecule has 0 heterocycles. The van der Waals surface area contributed by atoms with Gasteiger partial charge in [-0.1, -0.05) is 68.2 Å². The van der Waals surface area contributed by atoms with Gasteiger partial charge in [0.15, 0.2) is 0 Å². The molecular formula is C26H48O4. The van der Waals surface area contributed by atoms with E-state index in [4.69, 9.17) is 0 Å². The molecule has 0 radical (unpaired) electrons. The summed E-state index contributed by atoms with van der Waals surface area (Å²) in [5, 5.41) is 21.6. The summed E-state index contributed by atoms with van der Waals surface area (Å²) in [7, 11) is 0. The van der Waals surface area contributed by atoms with Crippen molar-refractivity contribution < 1.29 is 19.8 Å². The summed E-state index contributed by atoms with van der Waals surface area (Å²) in [5.74, 6) is -0.610. The standard InChI is InChI=1S/C26H48O4/c1-17(2)13-21(14-18(3)4)25(23(27)28)11-9-10-12-26(25,24(29)30)22(15-19(5)6)16-20(7)8/h17-22H,9-16H2,1-8H3,(H,27,28)(H,29,30). The zero-order chi connectivity index (χ0) is 23.3. The fourth-order valence-electron chi connectivity index (χ4n) is 6.61. The number of carbonyl (C=O) groups is 2. The molecule has 0 aromatic heterocycles. The Hall–Kier alpha value is -1.06. The van der Waals surface area contributed by atoms with Crippen molar-refractivity contribution in [1.82, 2.24) is 0 Å². The predicted octanol–water partition coefficient (Wildman–Crippen LogP) is 7.12. The quantitative estimate of drug-likeness (QED) is 0.350. The zero-order valence-corrected chi connectivity index (χ0v) is 20.8. The Morgan fingerprint density at radius 2 is 0.833 bits per heavy atom. The molecule has 2 unspecified atom stereocenters. The Morgan fingerprint density at radius 3 is 1.00 bits per heavy atom. The van der Waals surface area contributed by atoms with E-state index in [0.717, 1.165) is 38.5 Å². The van der Waals surface area contributed by atoms with Crippen LogP contribution in [0.25, 0.3) is 0 Å². The topological polar surface area (TPSA) is 74.6 Å². The largest absolute Gasteiger partial charge is 0.481 e. The molecule has 1 aliphatic rings. The molecule has 0 spiro atoms. The van der Waals surface area contributed by atoms with Crippen LogP contribution in [0.5, 0.6) is 0 Å². The summed E-state index contributed by atoms with van der Waals surface area (Å²) in [6, 6.07) is 0. The van der Waals surface area contributed by atoms with E-state index in [1.807, 2.05) is 0 Å². The minimum atomic E-state index is -1.19. The Labute approximate surface area is 185 Å². The summed E-state index contributed by atoms with van der Waals surface area (Å²) in [5.41, 5.74) is -2.39. The van der Waals surface area contributed by atoms with Gasteiger partial charge in [-0.15, -0.1) is 0 Å². The average Bonchev–Trinajstić information content (AvgIpc) is 2.58. The van der Waals surface area contributed by atoms with Crippen LogP contribution in [0.3, 0.4) is 0 Å². The first kappa shape index (κ1) is 27.0. The summed E-state index contributed by atoms with van der Waals surface area (Å²) in [4.78, 5) is 26.4. The van der Waals surface area contributed by atoms with Crippen molar-refractivity contribution in [3.8, 4) is 0 Å². The highest BCUT2D eigenvalue weighted by atomic mass is 16.4. The smallest absolute Gasteiger partial charge is 0.311 e. The van der Waals surface area contributed by atoms with Crippen LogP contribution in [-0.2, 0) is 9.59 Å². The van der Waals surface area contributed by atoms with Crippen molar-refractivity contribution in [2.24, 2.45) is 46.3 Å². The van der Waals surface area contributed by atoms with Crippen LogP contribution in [0.4, 0.5) is 0 Å². The molecule has 0 amide bonds. The molecule has 0 bridgehead atoms. The van der Waals surface area contributed by atoms with Crippen LogP contribution in [0.1, 0.15) is 107 Å². The molecule has 0 aromatic carbocycles. The average molecular weight is 425 g/mol. The molecule has 2 atom stereocenters. The highest BCUT2D eigenvalue weighted by Gasteiger charge is 2.67. The Bertz CT molecular complexity index is 495. The molecule has 1 rings (SSSR count). The first-order valence-corrected chi connectivity index (χ1v) is 12.3. The number of carboxylic acid groups (broad SMARTS) is 2. The first-order chi connectivity index (χ1) is 13.8. The van der Waals surface area contributed by atoms with Gasteiger partial charge >= 0.3 is 11.9 Å². The van der Waals surface area contributed by atoms with Crippen LogP contribution < -0.4 is 0 Å². The number of carboxylic acids is 2. The van der Waals surface area contributed by atoms with Gasteiger partial charge < -0.3 is 10.2 Å². The molecule has 30 heavy (non-hydrogen) atoms. The van der Waals surface area contributed by atoms with Crippen molar-refractivity contribution in [3.63, 3.8) is 0 Å². The van der Waals surface area contributed by atoms with Gasteiger partial charge in [0.25, 0.3) is 0 Å². The van der Waals surface area contributed by atoms with Crippen molar-refractivity contribution in [2.45, 2.75) is 107 Å². The molecule has 176 valence electrons. The predicted molar refractivity (Wildman–Crippen MR) is 123 cm³/mol. The molecule has 0 aromatic rings. The van der Waals surface area contributed by atoms with E-state index in [-0.39, 0.29) is 11.8 Å². The summed E-state index contributed by atoms with van der Waals surface area (Å²) in [6.07, 6.45) is 5.70. The van der Waals surface area contributed by atoms with Crippen molar-refractivity contribution >= 4 is 11.9 Å². The van der Waals surface area contributed by atoms with E-state index < -0.39 is 22.8 Å². The fourth-order valence-corrected chi connectivity index (χ4v) is 6.61. The van der Waals surface area contributed by atoms with Gasteiger partial charge in [0.2, 0.25) is 0 Å². The maximum absolute atomic E-state index is 13.2. The Balaban J connectivity index is 3.82. The van der Waals surface area contributed by atoms with Gasteiger partial charge in [-0.05, 0) is 74.0 Å². The van der Waals surface area contributed by atoms with Crippen LogP contribution in [0.2, 0.25) is 0 Å². The van der Waals surface area contributed by atoms with E-state index >= 15 is 0 Å². The van der Waals surface area contributed by atoms with E-state index in [9.17, 15) is 19.8 Å². The second-order valence-electron chi connectivity index (χ2n) is 11.7. The second-order valence-corrected chi connectivity index (χ2v) is 11.7. The number of rotatable bonds is 12. The van der Waals surface area contributed by atoms with Crippen LogP contribution >= 0.6 is 0 Å². The molecule has 1 fully saturated rings. The molecule has 4 heteroatoms. The molecule has 2 N–H and O–H groups in total. The molecule has 0 aliphatic heterocycles. The van der Waals surface area contributed by atoms with Gasteiger partial charge in [-0.3, -0.25) is 9.59 Å². The third kappa shape index (κ3) is 5.59. The third-order valence-corrected chi connectivity index (χ3v) is 7.37. The van der Waals surface area contributed by atoms with Gasteiger partial charge in [0, 0.05) is 0 Å². The molecular weight excluding hydrogens is 376 g/mol. The minimum absolute atomic E-state index is 0.117. The van der Waals surface area contributed by atoms with E-state index in [0.29, 0.717) is 36.5 Å². The van der Waals surface area contributed by atoms with Crippen molar-refractivity contribution in [1.29, 1.82) is 0 Å². The lowest BCUT2D eigenvalue weighted by Gasteiger charge is -2.57. The van der Waals surface area contributed by atoms with Crippen molar-refractivity contribution in [2.75, 3.05) is 0 Å². The summed E-state index contributed by atoms with van der Waals surface area (Å²) in [6.45, 7) is 17.1. The van der Waals surface area contributed by atoms with Crippen molar-refractivity contribution in [3.05, 3.63) is 0 Å². The van der Waals surface area contributed by atoms with E-state index in [2.05, 4.69) is 55.4 Å². The van der Waals surface area contributed by atoms with Gasteiger partial charge in [0.1, 0.15) is 0 Å². The Kier molecular flexibility index (Phi) is 9.89. The maximum Gasteiger partial charge on any atom is 0.311 e. The minimum Gasteiger partial charge on any atom is -0.481 e. The summed E-state index contributed by atoms with van der Waals surface area (Å²) < 4.78 is 0. The first-order valence-electron chi connectivity index (χ1n) is 12.3. The highest BCUT2D eigenvalue weighted by Crippen LogP contribution is 2.63. The zero-order valence-electron chi connectivity index (χ0n) is 20.8. The molecule has 0 saturated heterocycles. The monoisotopic (exact) mass is 424 g/mol. The molecule has 1 aliphatic carbocycles. The van der Waals surface area contributed by atoms with Crippen LogP contribution in [-0.4, -0.2) is 22.2 Å². The number of aliphatic carboxylic acids is 2. The third-order valence-electron chi connectivity index (χ3n) is 7.37. The lowest BCUT2D eigenvalue weighted by atomic mass is 9.44. The second kappa shape index (κ2) is 11.0. The number of hydrogen-bond acceptors (Lipinski definition) is 2. The highest BCUT2D eigenvalue weighted by molar-refractivity contribution is 5.87. The van der Waals surface area contributed by atoms with E-state index in [1.54, 1.807) is 0 Å². The normalized spacial score (nSPS) is 25.3. The van der Waals surface area contributed by atoms with E-state index in [1.165, 1.54) is 0 Å². The van der Waals surface area contributed by atoms with Crippen LogP contribution in [0, 0.1) is 46.3 Å².